The monoisotopic (exact) mass is 294 g/mol. The van der Waals surface area contributed by atoms with E-state index in [-0.39, 0.29) is 6.04 Å². The fourth-order valence-electron chi connectivity index (χ4n) is 2.27. The van der Waals surface area contributed by atoms with Gasteiger partial charge in [0.25, 0.3) is 0 Å². The fraction of sp³-hybridized carbons (Fsp3) is 0.357. The van der Waals surface area contributed by atoms with Crippen LogP contribution in [0.2, 0.25) is 0 Å². The molecule has 1 aromatic carbocycles. The molecule has 1 aromatic rings. The quantitative estimate of drug-likeness (QED) is 0.868. The minimum atomic E-state index is -4.28. The van der Waals surface area contributed by atoms with Gasteiger partial charge in [0.15, 0.2) is 0 Å². The molecular formula is C14H18N2O3S. The summed E-state index contributed by atoms with van der Waals surface area (Å²) in [5, 5.41) is 0. The molecule has 1 aliphatic rings. The van der Waals surface area contributed by atoms with E-state index >= 15 is 0 Å². The molecule has 1 heterocycles. The van der Waals surface area contributed by atoms with Gasteiger partial charge in [0, 0.05) is 18.8 Å². The van der Waals surface area contributed by atoms with Crippen molar-refractivity contribution in [2.45, 2.75) is 26.3 Å². The summed E-state index contributed by atoms with van der Waals surface area (Å²) in [5.74, 6) is 0. The number of aliphatic imine (C=N–C) groups is 1. The smallest absolute Gasteiger partial charge is 0.293 e. The second kappa shape index (κ2) is 5.76. The number of benzene rings is 1. The second-order valence-electron chi connectivity index (χ2n) is 4.91. The molecule has 0 saturated carbocycles. The molecule has 6 heteroatoms. The Hall–Kier alpha value is -1.66. The first-order valence-corrected chi connectivity index (χ1v) is 7.85. The van der Waals surface area contributed by atoms with Gasteiger partial charge in [-0.05, 0) is 49.6 Å². The predicted octanol–water partition coefficient (Wildman–Crippen LogP) is 2.56. The van der Waals surface area contributed by atoms with E-state index in [0.29, 0.717) is 5.69 Å². The van der Waals surface area contributed by atoms with Crippen molar-refractivity contribution in [2.24, 2.45) is 4.99 Å². The van der Waals surface area contributed by atoms with Crippen LogP contribution in [0.25, 0.3) is 5.57 Å². The van der Waals surface area contributed by atoms with Gasteiger partial charge < -0.3 is 0 Å². The third kappa shape index (κ3) is 3.26. The second-order valence-corrected chi connectivity index (χ2v) is 6.20. The molecule has 20 heavy (non-hydrogen) atoms. The Morgan fingerprint density at radius 1 is 1.35 bits per heavy atom. The first-order valence-electron chi connectivity index (χ1n) is 6.46. The van der Waals surface area contributed by atoms with E-state index in [4.69, 9.17) is 0 Å². The molecule has 0 spiro atoms. The standard InChI is InChI=1S/C14H18N2O3S/c1-11(2)16(20(17,18)19)14-5-3-4-13(10-14)12-6-8-15-9-7-12/h3-6,8,10-11H,7,9H2,1-2H3,(H,17,18,19). The van der Waals surface area contributed by atoms with Gasteiger partial charge in [0.1, 0.15) is 0 Å². The number of hydrogen-bond acceptors (Lipinski definition) is 3. The van der Waals surface area contributed by atoms with Crippen LogP contribution in [-0.2, 0) is 10.3 Å². The van der Waals surface area contributed by atoms with Crippen LogP contribution in [0.15, 0.2) is 35.3 Å². The molecule has 1 N–H and O–H groups in total. The normalized spacial score (nSPS) is 15.3. The van der Waals surface area contributed by atoms with Gasteiger partial charge in [-0.15, -0.1) is 0 Å². The Bertz CT molecular complexity index is 648. The van der Waals surface area contributed by atoms with Gasteiger partial charge in [-0.2, -0.15) is 8.42 Å². The van der Waals surface area contributed by atoms with E-state index < -0.39 is 10.3 Å². The van der Waals surface area contributed by atoms with Crippen LogP contribution in [0.5, 0.6) is 0 Å². The minimum Gasteiger partial charge on any atom is -0.293 e. The van der Waals surface area contributed by atoms with Crippen molar-refractivity contribution in [1.29, 1.82) is 0 Å². The van der Waals surface area contributed by atoms with Crippen molar-refractivity contribution < 1.29 is 13.0 Å². The van der Waals surface area contributed by atoms with Gasteiger partial charge in [-0.3, -0.25) is 9.55 Å². The summed E-state index contributed by atoms with van der Waals surface area (Å²) in [6, 6.07) is 6.81. The van der Waals surface area contributed by atoms with Gasteiger partial charge >= 0.3 is 10.3 Å². The molecule has 2 rings (SSSR count). The highest BCUT2D eigenvalue weighted by Crippen LogP contribution is 2.27. The fourth-order valence-corrected chi connectivity index (χ4v) is 3.18. The molecule has 108 valence electrons. The number of anilines is 1. The van der Waals surface area contributed by atoms with Crippen molar-refractivity contribution in [3.8, 4) is 0 Å². The number of rotatable bonds is 4. The molecule has 0 fully saturated rings. The third-order valence-electron chi connectivity index (χ3n) is 3.08. The van der Waals surface area contributed by atoms with Crippen LogP contribution in [0.4, 0.5) is 5.69 Å². The highest BCUT2D eigenvalue weighted by Gasteiger charge is 2.23. The van der Waals surface area contributed by atoms with Crippen LogP contribution in [0.3, 0.4) is 0 Å². The summed E-state index contributed by atoms with van der Waals surface area (Å²) in [6.45, 7) is 4.17. The van der Waals surface area contributed by atoms with Crippen molar-refractivity contribution in [1.82, 2.24) is 0 Å². The molecule has 0 amide bonds. The van der Waals surface area contributed by atoms with E-state index in [2.05, 4.69) is 4.99 Å². The van der Waals surface area contributed by atoms with Crippen LogP contribution in [0.1, 0.15) is 25.8 Å². The Labute approximate surface area is 119 Å². The highest BCUT2D eigenvalue weighted by molar-refractivity contribution is 7.87. The summed E-state index contributed by atoms with van der Waals surface area (Å²) in [7, 11) is -4.28. The summed E-state index contributed by atoms with van der Waals surface area (Å²) in [5.41, 5.74) is 2.52. The zero-order valence-electron chi connectivity index (χ0n) is 11.5. The summed E-state index contributed by atoms with van der Waals surface area (Å²) < 4.78 is 33.4. The molecular weight excluding hydrogens is 276 g/mol. The highest BCUT2D eigenvalue weighted by atomic mass is 32.2. The number of dihydropyridines is 1. The Morgan fingerprint density at radius 3 is 2.65 bits per heavy atom. The lowest BCUT2D eigenvalue weighted by molar-refractivity contribution is 0.473. The van der Waals surface area contributed by atoms with Crippen molar-refractivity contribution >= 4 is 27.8 Å². The molecule has 0 bridgehead atoms. The van der Waals surface area contributed by atoms with Crippen molar-refractivity contribution in [3.05, 3.63) is 35.9 Å². The maximum Gasteiger partial charge on any atom is 0.360 e. The summed E-state index contributed by atoms with van der Waals surface area (Å²) >= 11 is 0. The molecule has 0 aromatic heterocycles. The van der Waals surface area contributed by atoms with E-state index in [1.807, 2.05) is 12.1 Å². The first kappa shape index (κ1) is 14.7. The lowest BCUT2D eigenvalue weighted by Gasteiger charge is -2.25. The van der Waals surface area contributed by atoms with E-state index in [9.17, 15) is 13.0 Å². The first-order chi connectivity index (χ1) is 9.39. The average Bonchev–Trinajstić information content (AvgIpc) is 2.38. The molecule has 0 aliphatic carbocycles. The maximum atomic E-state index is 11.5. The van der Waals surface area contributed by atoms with Gasteiger partial charge in [0.05, 0.1) is 5.69 Å². The van der Waals surface area contributed by atoms with Gasteiger partial charge in [0.2, 0.25) is 0 Å². The maximum absolute atomic E-state index is 11.5. The Morgan fingerprint density at radius 2 is 2.10 bits per heavy atom. The molecule has 0 atom stereocenters. The van der Waals surface area contributed by atoms with E-state index in [0.717, 1.165) is 28.4 Å². The molecule has 0 saturated heterocycles. The van der Waals surface area contributed by atoms with Crippen molar-refractivity contribution in [2.75, 3.05) is 10.8 Å². The van der Waals surface area contributed by atoms with Crippen LogP contribution in [0, 0.1) is 0 Å². The zero-order chi connectivity index (χ0) is 14.8. The average molecular weight is 294 g/mol. The minimum absolute atomic E-state index is 0.359. The lowest BCUT2D eigenvalue weighted by atomic mass is 10.0. The lowest BCUT2D eigenvalue weighted by Crippen LogP contribution is -2.36. The molecule has 0 radical (unpaired) electrons. The Balaban J connectivity index is 2.43. The predicted molar refractivity (Wildman–Crippen MR) is 81.6 cm³/mol. The van der Waals surface area contributed by atoms with Crippen LogP contribution < -0.4 is 4.31 Å². The zero-order valence-corrected chi connectivity index (χ0v) is 12.3. The van der Waals surface area contributed by atoms with E-state index in [1.54, 1.807) is 38.3 Å². The Kier molecular flexibility index (Phi) is 4.25. The van der Waals surface area contributed by atoms with E-state index in [1.165, 1.54) is 0 Å². The molecule has 1 aliphatic heterocycles. The third-order valence-corrected chi connectivity index (χ3v) is 4.21. The SMILES string of the molecule is CC(C)N(c1cccc(C2=CC=NCC2)c1)S(=O)(=O)O. The summed E-state index contributed by atoms with van der Waals surface area (Å²) in [4.78, 5) is 4.13. The van der Waals surface area contributed by atoms with Crippen LogP contribution >= 0.6 is 0 Å². The van der Waals surface area contributed by atoms with Crippen LogP contribution in [-0.4, -0.2) is 31.8 Å². The summed E-state index contributed by atoms with van der Waals surface area (Å²) in [6.07, 6.45) is 4.51. The number of nitrogens with zero attached hydrogens (tertiary/aromatic N) is 2. The number of allylic oxidation sites excluding steroid dienone is 1. The van der Waals surface area contributed by atoms with Crippen molar-refractivity contribution in [3.63, 3.8) is 0 Å². The van der Waals surface area contributed by atoms with Gasteiger partial charge in [-0.1, -0.05) is 12.1 Å². The van der Waals surface area contributed by atoms with Gasteiger partial charge in [-0.25, -0.2) is 4.31 Å². The largest absolute Gasteiger partial charge is 0.360 e. The number of hydrogen-bond donors (Lipinski definition) is 1. The molecule has 0 unspecified atom stereocenters. The topological polar surface area (TPSA) is 70.0 Å². The molecule has 5 nitrogen and oxygen atoms in total.